The normalized spacial score (nSPS) is 9.59. The number of hydrogen-bond acceptors (Lipinski definition) is 3. The molecule has 0 unspecified atom stereocenters. The molecule has 0 heterocycles. The van der Waals surface area contributed by atoms with Crippen molar-refractivity contribution in [3.05, 3.63) is 59.7 Å². The van der Waals surface area contributed by atoms with Crippen molar-refractivity contribution in [2.75, 3.05) is 11.1 Å². The Balaban J connectivity index is 2.12. The third-order valence-corrected chi connectivity index (χ3v) is 2.49. The van der Waals surface area contributed by atoms with Crippen molar-refractivity contribution < 1.29 is 0 Å². The summed E-state index contributed by atoms with van der Waals surface area (Å²) in [6.07, 6.45) is 0. The van der Waals surface area contributed by atoms with Gasteiger partial charge in [0.2, 0.25) is 0 Å². The minimum absolute atomic E-state index is 0.570. The highest BCUT2D eigenvalue weighted by Gasteiger charge is 2.01. The van der Waals surface area contributed by atoms with E-state index in [-0.39, 0.29) is 0 Å². The molecule has 3 nitrogen and oxygen atoms in total. The summed E-state index contributed by atoms with van der Waals surface area (Å²) in [5, 5.41) is 12.2. The molecular weight excluding hydrogens is 210 g/mol. The molecule has 84 valence electrons. The van der Waals surface area contributed by atoms with Gasteiger partial charge in [-0.05, 0) is 23.8 Å². The van der Waals surface area contributed by atoms with E-state index in [2.05, 4.69) is 11.4 Å². The SMILES string of the molecule is N#Cc1cc(N)ccc1NCc1ccccc1. The van der Waals surface area contributed by atoms with Gasteiger partial charge in [-0.15, -0.1) is 0 Å². The van der Waals surface area contributed by atoms with Crippen LogP contribution in [0.25, 0.3) is 0 Å². The van der Waals surface area contributed by atoms with Crippen LogP contribution in [0.4, 0.5) is 11.4 Å². The second-order valence-electron chi connectivity index (χ2n) is 3.76. The van der Waals surface area contributed by atoms with Crippen LogP contribution in [0.15, 0.2) is 48.5 Å². The second-order valence-corrected chi connectivity index (χ2v) is 3.76. The summed E-state index contributed by atoms with van der Waals surface area (Å²) in [6, 6.07) is 17.5. The summed E-state index contributed by atoms with van der Waals surface area (Å²) in [5.41, 5.74) is 8.79. The highest BCUT2D eigenvalue weighted by Crippen LogP contribution is 2.18. The quantitative estimate of drug-likeness (QED) is 0.786. The average molecular weight is 223 g/mol. The molecule has 0 saturated heterocycles. The van der Waals surface area contributed by atoms with Gasteiger partial charge in [0, 0.05) is 12.2 Å². The Hall–Kier alpha value is -2.47. The van der Waals surface area contributed by atoms with Gasteiger partial charge in [-0.25, -0.2) is 0 Å². The van der Waals surface area contributed by atoms with Gasteiger partial charge in [0.15, 0.2) is 0 Å². The van der Waals surface area contributed by atoms with E-state index < -0.39 is 0 Å². The van der Waals surface area contributed by atoms with Gasteiger partial charge >= 0.3 is 0 Å². The molecule has 0 atom stereocenters. The number of nitrogen functional groups attached to an aromatic ring is 1. The summed E-state index contributed by atoms with van der Waals surface area (Å²) in [5.74, 6) is 0. The molecule has 0 amide bonds. The summed E-state index contributed by atoms with van der Waals surface area (Å²) >= 11 is 0. The molecule has 0 aliphatic heterocycles. The van der Waals surface area contributed by atoms with Crippen LogP contribution in [0, 0.1) is 11.3 Å². The van der Waals surface area contributed by atoms with Crippen molar-refractivity contribution in [2.45, 2.75) is 6.54 Å². The monoisotopic (exact) mass is 223 g/mol. The zero-order chi connectivity index (χ0) is 12.1. The molecule has 0 aliphatic carbocycles. The van der Waals surface area contributed by atoms with E-state index in [4.69, 9.17) is 11.0 Å². The molecule has 2 aromatic carbocycles. The maximum atomic E-state index is 8.99. The molecule has 3 heteroatoms. The van der Waals surface area contributed by atoms with Crippen LogP contribution in [0.2, 0.25) is 0 Å². The van der Waals surface area contributed by atoms with E-state index in [9.17, 15) is 0 Å². The molecule has 3 N–H and O–H groups in total. The molecule has 0 saturated carbocycles. The van der Waals surface area contributed by atoms with Gasteiger partial charge in [0.25, 0.3) is 0 Å². The van der Waals surface area contributed by atoms with E-state index in [1.165, 1.54) is 5.56 Å². The Labute approximate surface area is 101 Å². The number of anilines is 2. The standard InChI is InChI=1S/C14H13N3/c15-9-12-8-13(16)6-7-14(12)17-10-11-4-2-1-3-5-11/h1-8,17H,10,16H2. The maximum Gasteiger partial charge on any atom is 0.101 e. The van der Waals surface area contributed by atoms with Gasteiger partial charge in [-0.3, -0.25) is 0 Å². The lowest BCUT2D eigenvalue weighted by Crippen LogP contribution is -2.01. The third-order valence-electron chi connectivity index (χ3n) is 2.49. The molecular formula is C14H13N3. The minimum atomic E-state index is 0.570. The van der Waals surface area contributed by atoms with Gasteiger partial charge in [-0.1, -0.05) is 30.3 Å². The van der Waals surface area contributed by atoms with Gasteiger partial charge in [-0.2, -0.15) is 5.26 Å². The molecule has 2 aromatic rings. The topological polar surface area (TPSA) is 61.8 Å². The number of rotatable bonds is 3. The molecule has 0 spiro atoms. The maximum absolute atomic E-state index is 8.99. The molecule has 17 heavy (non-hydrogen) atoms. The van der Waals surface area contributed by atoms with Crippen molar-refractivity contribution in [1.82, 2.24) is 0 Å². The molecule has 0 aliphatic rings. The fourth-order valence-electron chi connectivity index (χ4n) is 1.60. The zero-order valence-corrected chi connectivity index (χ0v) is 9.35. The van der Waals surface area contributed by atoms with Crippen molar-refractivity contribution in [1.29, 1.82) is 5.26 Å². The van der Waals surface area contributed by atoms with Crippen LogP contribution in [0.1, 0.15) is 11.1 Å². The minimum Gasteiger partial charge on any atom is -0.399 e. The number of nitrogens with zero attached hydrogens (tertiary/aromatic N) is 1. The fraction of sp³-hybridized carbons (Fsp3) is 0.0714. The summed E-state index contributed by atoms with van der Waals surface area (Å²) in [6.45, 7) is 0.694. The van der Waals surface area contributed by atoms with E-state index in [0.717, 1.165) is 5.69 Å². The van der Waals surface area contributed by atoms with E-state index in [1.54, 1.807) is 12.1 Å². The third kappa shape index (κ3) is 2.76. The zero-order valence-electron chi connectivity index (χ0n) is 9.35. The fourth-order valence-corrected chi connectivity index (χ4v) is 1.60. The first-order chi connectivity index (χ1) is 8.29. The van der Waals surface area contributed by atoms with Crippen LogP contribution in [-0.4, -0.2) is 0 Å². The Kier molecular flexibility index (Phi) is 3.27. The smallest absolute Gasteiger partial charge is 0.101 e. The van der Waals surface area contributed by atoms with Gasteiger partial charge in [0.05, 0.1) is 11.3 Å². The molecule has 2 rings (SSSR count). The Morgan fingerprint density at radius 2 is 1.88 bits per heavy atom. The Bertz CT molecular complexity index is 541. The second kappa shape index (κ2) is 5.04. The predicted octanol–water partition coefficient (Wildman–Crippen LogP) is 2.75. The first-order valence-electron chi connectivity index (χ1n) is 5.37. The van der Waals surface area contributed by atoms with Crippen molar-refractivity contribution >= 4 is 11.4 Å². The van der Waals surface area contributed by atoms with E-state index in [1.807, 2.05) is 36.4 Å². The van der Waals surface area contributed by atoms with E-state index in [0.29, 0.717) is 17.8 Å². The molecule has 0 fully saturated rings. The summed E-state index contributed by atoms with van der Waals surface area (Å²) in [4.78, 5) is 0. The molecule has 0 bridgehead atoms. The first kappa shape index (κ1) is 11.0. The van der Waals surface area contributed by atoms with Crippen molar-refractivity contribution in [3.63, 3.8) is 0 Å². The number of hydrogen-bond donors (Lipinski definition) is 2. The van der Waals surface area contributed by atoms with Crippen LogP contribution in [0.3, 0.4) is 0 Å². The lowest BCUT2D eigenvalue weighted by atomic mass is 10.1. The number of nitriles is 1. The summed E-state index contributed by atoms with van der Waals surface area (Å²) in [7, 11) is 0. The average Bonchev–Trinajstić information content (AvgIpc) is 2.38. The lowest BCUT2D eigenvalue weighted by Gasteiger charge is -2.08. The van der Waals surface area contributed by atoms with Gasteiger partial charge < -0.3 is 11.1 Å². The number of nitrogens with one attached hydrogen (secondary N) is 1. The van der Waals surface area contributed by atoms with Crippen LogP contribution < -0.4 is 11.1 Å². The van der Waals surface area contributed by atoms with E-state index >= 15 is 0 Å². The highest BCUT2D eigenvalue weighted by molar-refractivity contribution is 5.63. The molecule has 0 aromatic heterocycles. The Morgan fingerprint density at radius 3 is 2.59 bits per heavy atom. The number of benzene rings is 2. The van der Waals surface area contributed by atoms with Crippen LogP contribution >= 0.6 is 0 Å². The summed E-state index contributed by atoms with van der Waals surface area (Å²) < 4.78 is 0. The largest absolute Gasteiger partial charge is 0.399 e. The van der Waals surface area contributed by atoms with Crippen molar-refractivity contribution in [3.8, 4) is 6.07 Å². The predicted molar refractivity (Wildman–Crippen MR) is 69.3 cm³/mol. The Morgan fingerprint density at radius 1 is 1.12 bits per heavy atom. The van der Waals surface area contributed by atoms with Crippen LogP contribution in [-0.2, 0) is 6.54 Å². The highest BCUT2D eigenvalue weighted by atomic mass is 14.9. The molecule has 0 radical (unpaired) electrons. The van der Waals surface area contributed by atoms with Crippen LogP contribution in [0.5, 0.6) is 0 Å². The first-order valence-corrected chi connectivity index (χ1v) is 5.37. The number of nitrogens with two attached hydrogens (primary N) is 1. The van der Waals surface area contributed by atoms with Gasteiger partial charge in [0.1, 0.15) is 6.07 Å². The lowest BCUT2D eigenvalue weighted by molar-refractivity contribution is 1.15. The van der Waals surface area contributed by atoms with Crippen molar-refractivity contribution in [2.24, 2.45) is 0 Å².